The maximum Gasteiger partial charge on any atom is 0.243 e. The monoisotopic (exact) mass is 547 g/mol. The normalized spacial score (nSPS) is 14.5. The highest BCUT2D eigenvalue weighted by atomic mass is 32.2. The molecule has 198 valence electrons. The van der Waals surface area contributed by atoms with Gasteiger partial charge in [0.15, 0.2) is 16.6 Å². The molecule has 0 unspecified atom stereocenters. The Hall–Kier alpha value is -4.89. The van der Waals surface area contributed by atoms with Crippen LogP contribution in [0, 0.1) is 0 Å². The summed E-state index contributed by atoms with van der Waals surface area (Å²) in [7, 11) is 3.29. The molecule has 5 aromatic rings. The number of rotatable bonds is 7. The van der Waals surface area contributed by atoms with E-state index in [1.807, 2.05) is 97.1 Å². The average molecular weight is 548 g/mol. The maximum absolute atomic E-state index is 12.8. The number of nitrogens with zero attached hydrogens (tertiary/aromatic N) is 4. The molecule has 0 saturated carbocycles. The first-order chi connectivity index (χ1) is 19.6. The van der Waals surface area contributed by atoms with E-state index in [1.165, 1.54) is 11.8 Å². The van der Waals surface area contributed by atoms with E-state index in [2.05, 4.69) is 10.2 Å². The van der Waals surface area contributed by atoms with E-state index in [0.29, 0.717) is 22.4 Å². The van der Waals surface area contributed by atoms with Crippen LogP contribution in [0.3, 0.4) is 0 Å². The number of benzene rings is 3. The summed E-state index contributed by atoms with van der Waals surface area (Å²) < 4.78 is 10.6. The van der Waals surface area contributed by atoms with Crippen LogP contribution in [0.15, 0.2) is 89.9 Å². The van der Waals surface area contributed by atoms with Gasteiger partial charge in [0.2, 0.25) is 5.91 Å². The number of aromatic nitrogens is 3. The Morgan fingerprint density at radius 3 is 2.33 bits per heavy atom. The number of amidine groups is 1. The van der Waals surface area contributed by atoms with Crippen LogP contribution in [0.5, 0.6) is 11.5 Å². The van der Waals surface area contributed by atoms with Crippen molar-refractivity contribution >= 4 is 57.5 Å². The van der Waals surface area contributed by atoms with Crippen molar-refractivity contribution in [2.75, 3.05) is 24.9 Å². The molecule has 1 aliphatic heterocycles. The van der Waals surface area contributed by atoms with Gasteiger partial charge in [0.05, 0.1) is 36.7 Å². The largest absolute Gasteiger partial charge is 0.497 e. The Labute approximate surface area is 235 Å². The number of H-pyrrole nitrogens is 1. The number of thioether (sulfide) groups is 1. The number of fused-ring (bicyclic) bond motifs is 1. The van der Waals surface area contributed by atoms with Crippen LogP contribution in [0.2, 0.25) is 0 Å². The first kappa shape index (κ1) is 25.4. The van der Waals surface area contributed by atoms with Crippen LogP contribution in [-0.4, -0.2) is 46.2 Å². The van der Waals surface area contributed by atoms with Gasteiger partial charge in [-0.15, -0.1) is 0 Å². The van der Waals surface area contributed by atoms with Crippen LogP contribution in [0.1, 0.15) is 11.3 Å². The number of pyridine rings is 1. The summed E-state index contributed by atoms with van der Waals surface area (Å²) in [6, 6.07) is 27.2. The number of carbonyl (C=O) groups excluding carboxylic acids is 1. The molecule has 9 heteroatoms. The standard InChI is InChI=1S/C31H25N5O3S/c1-38-24-14-9-20(10-15-24)8-13-22-18-26(21-11-16-25(39-2)17-12-21)28-29(32-22)34-35-30(28)33-31-36(27(37)19-40-31)23-6-4-3-5-7-23/h3-18H,19H2,1-2H3,(H,32,34,35)/b13-8+,33-31?. The van der Waals surface area contributed by atoms with Crippen molar-refractivity contribution in [3.63, 3.8) is 0 Å². The van der Waals surface area contributed by atoms with Crippen molar-refractivity contribution in [2.45, 2.75) is 0 Å². The number of amides is 1. The lowest BCUT2D eigenvalue weighted by Gasteiger charge is -2.15. The summed E-state index contributed by atoms with van der Waals surface area (Å²) in [5, 5.41) is 8.93. The fourth-order valence-corrected chi connectivity index (χ4v) is 5.33. The minimum atomic E-state index is -0.0192. The van der Waals surface area contributed by atoms with Crippen molar-refractivity contribution in [2.24, 2.45) is 4.99 Å². The summed E-state index contributed by atoms with van der Waals surface area (Å²) in [4.78, 5) is 24.1. The Morgan fingerprint density at radius 2 is 1.62 bits per heavy atom. The Kier molecular flexibility index (Phi) is 7.03. The van der Waals surface area contributed by atoms with Gasteiger partial charge in [0, 0.05) is 0 Å². The van der Waals surface area contributed by atoms with Crippen molar-refractivity contribution in [1.29, 1.82) is 0 Å². The van der Waals surface area contributed by atoms with Crippen LogP contribution >= 0.6 is 11.8 Å². The summed E-state index contributed by atoms with van der Waals surface area (Å²) in [6.45, 7) is 0. The van der Waals surface area contributed by atoms with Crippen LogP contribution in [-0.2, 0) is 4.79 Å². The molecule has 3 heterocycles. The highest BCUT2D eigenvalue weighted by molar-refractivity contribution is 8.15. The Morgan fingerprint density at radius 1 is 0.925 bits per heavy atom. The number of ether oxygens (including phenoxy) is 2. The van der Waals surface area contributed by atoms with E-state index < -0.39 is 0 Å². The Balaban J connectivity index is 1.45. The van der Waals surface area contributed by atoms with Gasteiger partial charge in [0.1, 0.15) is 11.5 Å². The molecule has 8 nitrogen and oxygen atoms in total. The highest BCUT2D eigenvalue weighted by Gasteiger charge is 2.30. The van der Waals surface area contributed by atoms with Crippen LogP contribution in [0.25, 0.3) is 34.3 Å². The summed E-state index contributed by atoms with van der Waals surface area (Å²) >= 11 is 1.39. The van der Waals surface area contributed by atoms with Crippen molar-refractivity contribution in [3.8, 4) is 22.6 Å². The topological polar surface area (TPSA) is 92.7 Å². The third-order valence-corrected chi connectivity index (χ3v) is 7.40. The van der Waals surface area contributed by atoms with Gasteiger partial charge < -0.3 is 9.47 Å². The van der Waals surface area contributed by atoms with Gasteiger partial charge in [-0.05, 0) is 65.2 Å². The molecule has 40 heavy (non-hydrogen) atoms. The zero-order valence-electron chi connectivity index (χ0n) is 21.9. The van der Waals surface area contributed by atoms with Gasteiger partial charge in [-0.25, -0.2) is 9.98 Å². The molecular weight excluding hydrogens is 522 g/mol. The second-order valence-corrected chi connectivity index (χ2v) is 9.89. The van der Waals surface area contributed by atoms with Crippen molar-refractivity contribution in [1.82, 2.24) is 15.2 Å². The second kappa shape index (κ2) is 11.1. The smallest absolute Gasteiger partial charge is 0.243 e. The fourth-order valence-electron chi connectivity index (χ4n) is 4.46. The number of hydrogen-bond donors (Lipinski definition) is 1. The molecule has 2 aromatic heterocycles. The number of carbonyl (C=O) groups is 1. The quantitative estimate of drug-likeness (QED) is 0.247. The van der Waals surface area contributed by atoms with E-state index in [-0.39, 0.29) is 5.91 Å². The molecule has 1 aliphatic rings. The number of anilines is 1. The lowest BCUT2D eigenvalue weighted by Crippen LogP contribution is -2.28. The third-order valence-electron chi connectivity index (χ3n) is 6.48. The van der Waals surface area contributed by atoms with Crippen molar-refractivity contribution < 1.29 is 14.3 Å². The predicted octanol–water partition coefficient (Wildman–Crippen LogP) is 6.58. The van der Waals surface area contributed by atoms with Gasteiger partial charge >= 0.3 is 0 Å². The lowest BCUT2D eigenvalue weighted by atomic mass is 10.0. The second-order valence-electron chi connectivity index (χ2n) is 8.95. The van der Waals surface area contributed by atoms with Crippen LogP contribution in [0.4, 0.5) is 11.5 Å². The van der Waals surface area contributed by atoms with Gasteiger partial charge in [-0.1, -0.05) is 60.3 Å². The molecule has 0 radical (unpaired) electrons. The molecule has 0 spiro atoms. The molecule has 1 fully saturated rings. The number of aromatic amines is 1. The molecule has 0 bridgehead atoms. The van der Waals surface area contributed by atoms with E-state index >= 15 is 0 Å². The van der Waals surface area contributed by atoms with E-state index in [4.69, 9.17) is 19.5 Å². The molecule has 0 aliphatic carbocycles. The van der Waals surface area contributed by atoms with E-state index in [0.717, 1.165) is 45.0 Å². The molecule has 1 amide bonds. The number of hydrogen-bond acceptors (Lipinski definition) is 7. The van der Waals surface area contributed by atoms with E-state index in [9.17, 15) is 4.79 Å². The predicted molar refractivity (Wildman–Crippen MR) is 161 cm³/mol. The Bertz CT molecular complexity index is 1730. The zero-order chi connectivity index (χ0) is 27.5. The van der Waals surface area contributed by atoms with Gasteiger partial charge in [-0.2, -0.15) is 5.10 Å². The lowest BCUT2D eigenvalue weighted by molar-refractivity contribution is -0.115. The molecule has 0 atom stereocenters. The summed E-state index contributed by atoms with van der Waals surface area (Å²) in [5.41, 5.74) is 5.03. The first-order valence-electron chi connectivity index (χ1n) is 12.6. The first-order valence-corrected chi connectivity index (χ1v) is 13.6. The number of aliphatic imine (C=N–C) groups is 1. The summed E-state index contributed by atoms with van der Waals surface area (Å²) in [6.07, 6.45) is 3.96. The molecule has 1 N–H and O–H groups in total. The minimum Gasteiger partial charge on any atom is -0.497 e. The van der Waals surface area contributed by atoms with Gasteiger partial charge in [-0.3, -0.25) is 14.8 Å². The zero-order valence-corrected chi connectivity index (χ0v) is 22.7. The SMILES string of the molecule is COc1ccc(/C=C/c2cc(-c3ccc(OC)cc3)c3c(N=C4SCC(=O)N4c4ccccc4)n[nH]c3n2)cc1. The fraction of sp³-hybridized carbons (Fsp3) is 0.0968. The summed E-state index contributed by atoms with van der Waals surface area (Å²) in [5.74, 6) is 2.34. The molecule has 1 saturated heterocycles. The van der Waals surface area contributed by atoms with E-state index in [1.54, 1.807) is 19.1 Å². The molecule has 3 aromatic carbocycles. The highest BCUT2D eigenvalue weighted by Crippen LogP contribution is 2.37. The number of methoxy groups -OCH3 is 2. The third kappa shape index (κ3) is 5.06. The maximum atomic E-state index is 12.8. The molecule has 6 rings (SSSR count). The van der Waals surface area contributed by atoms with Crippen LogP contribution < -0.4 is 14.4 Å². The minimum absolute atomic E-state index is 0.0192. The number of nitrogens with one attached hydrogen (secondary N) is 1. The molecular formula is C31H25N5O3S. The van der Waals surface area contributed by atoms with Crippen molar-refractivity contribution in [3.05, 3.63) is 96.2 Å². The number of para-hydroxylation sites is 1. The van der Waals surface area contributed by atoms with Gasteiger partial charge in [0.25, 0.3) is 0 Å². The average Bonchev–Trinajstić information content (AvgIpc) is 3.59.